The molecule has 0 radical (unpaired) electrons. The highest BCUT2D eigenvalue weighted by atomic mass is 16.4. The van der Waals surface area contributed by atoms with Gasteiger partial charge >= 0.3 is 5.97 Å². The van der Waals surface area contributed by atoms with Crippen molar-refractivity contribution in [2.45, 2.75) is 75.6 Å². The third kappa shape index (κ3) is 14.2. The molecule has 0 spiro atoms. The number of phenolic OH excluding ortho intramolecular Hbond substituents is 2. The largest absolute Gasteiger partial charge is 0.508 e. The molecule has 3 amide bonds. The van der Waals surface area contributed by atoms with Gasteiger partial charge in [0.25, 0.3) is 0 Å². The minimum Gasteiger partial charge on any atom is -0.508 e. The Balaban J connectivity index is 1.69. The van der Waals surface area contributed by atoms with Crippen LogP contribution in [0.1, 0.15) is 48.8 Å². The van der Waals surface area contributed by atoms with Gasteiger partial charge in [0.2, 0.25) is 17.7 Å². The first kappa shape index (κ1) is 38.8. The number of aromatic hydroxyl groups is 2. The summed E-state index contributed by atoms with van der Waals surface area (Å²) < 4.78 is 0. The van der Waals surface area contributed by atoms with Crippen molar-refractivity contribution in [1.29, 1.82) is 0 Å². The van der Waals surface area contributed by atoms with Gasteiger partial charge in [0.15, 0.2) is 5.96 Å². The Morgan fingerprint density at radius 2 is 1.28 bits per heavy atom. The van der Waals surface area contributed by atoms with E-state index in [1.807, 2.05) is 6.07 Å². The standard InChI is InChI=1S/C36H46N6O8/c37-36(38)39-19-5-9-28(40-32(46)10-4-8-23-11-15-26(43)16-12-23)34(48)42-29(20-24-6-2-1-3-7-24)31(45)22-33(47)41-30(35(49)50)21-25-13-17-27(44)18-14-25/h1-3,6-7,11-18,28-31,43-45H,4-5,8-10,19-22H2,(H,40,46)(H,41,47)(H,42,48)(H,49,50)(H4,37,38,39). The molecule has 50 heavy (non-hydrogen) atoms. The fourth-order valence-corrected chi connectivity index (χ4v) is 5.24. The quantitative estimate of drug-likeness (QED) is 0.0466. The van der Waals surface area contributed by atoms with E-state index in [4.69, 9.17) is 11.5 Å². The Hall–Kier alpha value is -5.63. The summed E-state index contributed by atoms with van der Waals surface area (Å²) >= 11 is 0. The highest BCUT2D eigenvalue weighted by molar-refractivity contribution is 5.88. The summed E-state index contributed by atoms with van der Waals surface area (Å²) in [7, 11) is 0. The minimum absolute atomic E-state index is 0.0143. The topological polar surface area (TPSA) is 250 Å². The van der Waals surface area contributed by atoms with Crippen LogP contribution in [0.5, 0.6) is 11.5 Å². The monoisotopic (exact) mass is 690 g/mol. The van der Waals surface area contributed by atoms with Crippen LogP contribution in [-0.4, -0.2) is 80.9 Å². The summed E-state index contributed by atoms with van der Waals surface area (Å²) in [5.74, 6) is -2.92. The van der Waals surface area contributed by atoms with Gasteiger partial charge in [-0.15, -0.1) is 0 Å². The molecular weight excluding hydrogens is 644 g/mol. The van der Waals surface area contributed by atoms with Crippen molar-refractivity contribution >= 4 is 29.7 Å². The number of aryl methyl sites for hydroxylation is 1. The highest BCUT2D eigenvalue weighted by Gasteiger charge is 2.30. The number of carboxylic acids is 1. The van der Waals surface area contributed by atoms with Crippen LogP contribution >= 0.6 is 0 Å². The van der Waals surface area contributed by atoms with Gasteiger partial charge < -0.3 is 47.8 Å². The highest BCUT2D eigenvalue weighted by Crippen LogP contribution is 2.15. The van der Waals surface area contributed by atoms with Gasteiger partial charge in [-0.3, -0.25) is 19.4 Å². The molecule has 268 valence electrons. The van der Waals surface area contributed by atoms with Crippen molar-refractivity contribution in [3.8, 4) is 11.5 Å². The second kappa shape index (κ2) is 20.0. The fraction of sp³-hybridized carbons (Fsp3) is 0.361. The molecule has 0 aliphatic rings. The summed E-state index contributed by atoms with van der Waals surface area (Å²) in [4.78, 5) is 55.5. The van der Waals surface area contributed by atoms with Crippen LogP contribution in [-0.2, 0) is 38.4 Å². The first-order chi connectivity index (χ1) is 23.9. The van der Waals surface area contributed by atoms with E-state index in [0.717, 1.165) is 11.1 Å². The average Bonchev–Trinajstić information content (AvgIpc) is 3.07. The number of hydrogen-bond donors (Lipinski definition) is 9. The molecule has 11 N–H and O–H groups in total. The van der Waals surface area contributed by atoms with Gasteiger partial charge in [0.1, 0.15) is 23.6 Å². The molecule has 14 heteroatoms. The predicted molar refractivity (Wildman–Crippen MR) is 187 cm³/mol. The van der Waals surface area contributed by atoms with Gasteiger partial charge in [-0.1, -0.05) is 54.6 Å². The van der Waals surface area contributed by atoms with E-state index in [1.54, 1.807) is 60.7 Å². The number of nitrogens with one attached hydrogen (secondary N) is 3. The number of aliphatic imine (C=N–C) groups is 1. The van der Waals surface area contributed by atoms with Crippen LogP contribution in [0.25, 0.3) is 0 Å². The number of carbonyl (C=O) groups excluding carboxylic acids is 3. The minimum atomic E-state index is -1.43. The van der Waals surface area contributed by atoms with E-state index in [-0.39, 0.29) is 55.6 Å². The zero-order valence-corrected chi connectivity index (χ0v) is 27.7. The molecule has 0 saturated heterocycles. The van der Waals surface area contributed by atoms with Crippen molar-refractivity contribution < 1.29 is 39.6 Å². The first-order valence-corrected chi connectivity index (χ1v) is 16.3. The number of carboxylic acid groups (broad SMARTS) is 1. The molecule has 0 aliphatic carbocycles. The lowest BCUT2D eigenvalue weighted by atomic mass is 9.97. The lowest BCUT2D eigenvalue weighted by Gasteiger charge is -2.27. The summed E-state index contributed by atoms with van der Waals surface area (Å²) in [6.45, 7) is 0.216. The number of hydrogen-bond acceptors (Lipinski definition) is 8. The molecule has 3 aromatic carbocycles. The lowest BCUT2D eigenvalue weighted by Crippen LogP contribution is -2.54. The Morgan fingerprint density at radius 3 is 1.88 bits per heavy atom. The number of benzene rings is 3. The Bertz CT molecular complexity index is 1560. The van der Waals surface area contributed by atoms with E-state index in [1.165, 1.54) is 12.1 Å². The third-order valence-corrected chi connectivity index (χ3v) is 7.90. The van der Waals surface area contributed by atoms with Crippen molar-refractivity contribution in [2.24, 2.45) is 16.5 Å². The third-order valence-electron chi connectivity index (χ3n) is 7.90. The van der Waals surface area contributed by atoms with Crippen LogP contribution in [0.2, 0.25) is 0 Å². The van der Waals surface area contributed by atoms with Crippen LogP contribution in [0.3, 0.4) is 0 Å². The average molecular weight is 691 g/mol. The number of nitrogens with zero attached hydrogens (tertiary/aromatic N) is 1. The number of guanidine groups is 1. The van der Waals surface area contributed by atoms with Crippen molar-refractivity contribution in [3.05, 3.63) is 95.6 Å². The normalized spacial score (nSPS) is 13.2. The lowest BCUT2D eigenvalue weighted by molar-refractivity contribution is -0.142. The van der Waals surface area contributed by atoms with Gasteiger partial charge in [-0.05, 0) is 73.1 Å². The Kier molecular flexibility index (Phi) is 15.5. The maximum absolute atomic E-state index is 13.7. The molecule has 4 unspecified atom stereocenters. The van der Waals surface area contributed by atoms with Crippen LogP contribution < -0.4 is 27.4 Å². The number of amides is 3. The molecular formula is C36H46N6O8. The van der Waals surface area contributed by atoms with E-state index in [9.17, 15) is 39.6 Å². The smallest absolute Gasteiger partial charge is 0.326 e. The zero-order chi connectivity index (χ0) is 36.5. The van der Waals surface area contributed by atoms with Crippen LogP contribution in [0, 0.1) is 0 Å². The maximum Gasteiger partial charge on any atom is 0.326 e. The van der Waals surface area contributed by atoms with Crippen LogP contribution in [0.15, 0.2) is 83.9 Å². The second-order valence-electron chi connectivity index (χ2n) is 12.0. The van der Waals surface area contributed by atoms with Crippen molar-refractivity contribution in [1.82, 2.24) is 16.0 Å². The number of aliphatic hydroxyl groups is 1. The summed E-state index contributed by atoms with van der Waals surface area (Å²) in [6.07, 6.45) is -0.122. The van der Waals surface area contributed by atoms with E-state index < -0.39 is 48.4 Å². The first-order valence-electron chi connectivity index (χ1n) is 16.3. The number of aliphatic hydroxyl groups excluding tert-OH is 1. The molecule has 3 aromatic rings. The predicted octanol–water partition coefficient (Wildman–Crippen LogP) is 1.25. The number of phenols is 2. The van der Waals surface area contributed by atoms with Crippen molar-refractivity contribution in [2.75, 3.05) is 6.54 Å². The number of rotatable bonds is 20. The fourth-order valence-electron chi connectivity index (χ4n) is 5.24. The van der Waals surface area contributed by atoms with E-state index >= 15 is 0 Å². The zero-order valence-electron chi connectivity index (χ0n) is 27.7. The molecule has 0 bridgehead atoms. The number of aliphatic carboxylic acids is 1. The van der Waals surface area contributed by atoms with Gasteiger partial charge in [-0.25, -0.2) is 4.79 Å². The molecule has 14 nitrogen and oxygen atoms in total. The van der Waals surface area contributed by atoms with Crippen LogP contribution in [0.4, 0.5) is 0 Å². The molecule has 0 heterocycles. The Labute approximate surface area is 290 Å². The number of carbonyl (C=O) groups is 4. The molecule has 4 atom stereocenters. The molecule has 0 aromatic heterocycles. The summed E-state index contributed by atoms with van der Waals surface area (Å²) in [6, 6.07) is 18.3. The molecule has 0 fully saturated rings. The molecule has 0 saturated carbocycles. The molecule has 0 aliphatic heterocycles. The number of nitrogens with two attached hydrogens (primary N) is 2. The Morgan fingerprint density at radius 1 is 0.700 bits per heavy atom. The van der Waals surface area contributed by atoms with Gasteiger partial charge in [0.05, 0.1) is 18.6 Å². The van der Waals surface area contributed by atoms with Gasteiger partial charge in [-0.2, -0.15) is 0 Å². The SMILES string of the molecule is NC(N)=NCCCC(NC(=O)CCCc1ccc(O)cc1)C(=O)NC(Cc1ccccc1)C(O)CC(=O)NC(Cc1ccc(O)cc1)C(=O)O. The van der Waals surface area contributed by atoms with Crippen molar-refractivity contribution in [3.63, 3.8) is 0 Å². The van der Waals surface area contributed by atoms with Gasteiger partial charge in [0, 0.05) is 19.4 Å². The molecule has 3 rings (SSSR count). The second-order valence-corrected chi connectivity index (χ2v) is 12.0. The summed E-state index contributed by atoms with van der Waals surface area (Å²) in [5, 5.41) is 48.0. The van der Waals surface area contributed by atoms with E-state index in [0.29, 0.717) is 24.8 Å². The maximum atomic E-state index is 13.7. The summed E-state index contributed by atoms with van der Waals surface area (Å²) in [5.41, 5.74) is 13.1. The van der Waals surface area contributed by atoms with E-state index in [2.05, 4.69) is 20.9 Å².